The largest absolute Gasteiger partial charge is 0.301 e. The molecular weight excluding hydrogens is 436 g/mol. The van der Waals surface area contributed by atoms with Crippen molar-refractivity contribution in [2.75, 3.05) is 11.1 Å². The molecule has 0 fully saturated rings. The number of anilines is 1. The molecular formula is C21H20N4O2S3. The number of aryl methyl sites for hydroxylation is 3. The monoisotopic (exact) mass is 456 g/mol. The highest BCUT2D eigenvalue weighted by atomic mass is 32.2. The summed E-state index contributed by atoms with van der Waals surface area (Å²) in [5, 5.41) is 6.51. The Morgan fingerprint density at radius 2 is 1.90 bits per heavy atom. The van der Waals surface area contributed by atoms with Gasteiger partial charge in [0.2, 0.25) is 5.91 Å². The van der Waals surface area contributed by atoms with Gasteiger partial charge in [0, 0.05) is 22.9 Å². The van der Waals surface area contributed by atoms with Crippen molar-refractivity contribution in [3.63, 3.8) is 0 Å². The van der Waals surface area contributed by atoms with Crippen molar-refractivity contribution in [2.45, 2.75) is 25.9 Å². The Morgan fingerprint density at radius 1 is 1.17 bits per heavy atom. The van der Waals surface area contributed by atoms with E-state index in [-0.39, 0.29) is 17.2 Å². The van der Waals surface area contributed by atoms with Crippen LogP contribution in [-0.2, 0) is 11.8 Å². The normalized spacial score (nSPS) is 11.2. The average Bonchev–Trinajstić information content (AvgIpc) is 3.29. The summed E-state index contributed by atoms with van der Waals surface area (Å²) in [6.07, 6.45) is 0. The third kappa shape index (κ3) is 4.05. The second-order valence-electron chi connectivity index (χ2n) is 6.96. The fourth-order valence-corrected chi connectivity index (χ4v) is 5.54. The number of fused-ring (bicyclic) bond motifs is 1. The third-order valence-corrected chi connectivity index (χ3v) is 7.69. The molecule has 0 bridgehead atoms. The molecule has 0 radical (unpaired) electrons. The van der Waals surface area contributed by atoms with Crippen LogP contribution in [0.3, 0.4) is 0 Å². The van der Waals surface area contributed by atoms with Crippen LogP contribution in [0.2, 0.25) is 0 Å². The van der Waals surface area contributed by atoms with Gasteiger partial charge in [-0.05, 0) is 26.3 Å². The number of benzene rings is 1. The molecule has 0 saturated heterocycles. The standard InChI is InChI=1S/C21H20N4O2S3/c1-11-5-7-14(8-6-11)15-9-28-20(22-15)23-16(26)10-29-21-24-18-17(19(27)25(21)4)12(2)13(3)30-18/h5-9H,10H2,1-4H3,(H,22,23,26). The van der Waals surface area contributed by atoms with E-state index < -0.39 is 0 Å². The zero-order valence-corrected chi connectivity index (χ0v) is 19.4. The molecule has 1 amide bonds. The molecule has 9 heteroatoms. The minimum Gasteiger partial charge on any atom is -0.301 e. The van der Waals surface area contributed by atoms with Crippen molar-refractivity contribution in [1.82, 2.24) is 14.5 Å². The molecule has 4 aromatic rings. The first-order chi connectivity index (χ1) is 14.3. The molecule has 0 unspecified atom stereocenters. The highest BCUT2D eigenvalue weighted by molar-refractivity contribution is 7.99. The molecule has 0 spiro atoms. The Bertz CT molecular complexity index is 1300. The zero-order chi connectivity index (χ0) is 21.4. The molecule has 6 nitrogen and oxygen atoms in total. The molecule has 0 saturated carbocycles. The van der Waals surface area contributed by atoms with E-state index in [0.717, 1.165) is 26.5 Å². The lowest BCUT2D eigenvalue weighted by molar-refractivity contribution is -0.113. The first-order valence-electron chi connectivity index (χ1n) is 9.25. The predicted molar refractivity (Wildman–Crippen MR) is 126 cm³/mol. The second-order valence-corrected chi connectivity index (χ2v) is 9.97. The van der Waals surface area contributed by atoms with E-state index in [4.69, 9.17) is 0 Å². The van der Waals surface area contributed by atoms with Gasteiger partial charge in [0.15, 0.2) is 10.3 Å². The van der Waals surface area contributed by atoms with Crippen LogP contribution in [0.1, 0.15) is 16.0 Å². The summed E-state index contributed by atoms with van der Waals surface area (Å²) in [6.45, 7) is 5.97. The molecule has 0 aliphatic rings. The molecule has 0 atom stereocenters. The summed E-state index contributed by atoms with van der Waals surface area (Å²) in [4.78, 5) is 36.0. The second kappa shape index (κ2) is 8.33. The van der Waals surface area contributed by atoms with Gasteiger partial charge in [0.25, 0.3) is 5.56 Å². The number of rotatable bonds is 5. The first-order valence-corrected chi connectivity index (χ1v) is 11.9. The van der Waals surface area contributed by atoms with E-state index in [1.165, 1.54) is 44.6 Å². The number of carbonyl (C=O) groups is 1. The summed E-state index contributed by atoms with van der Waals surface area (Å²) >= 11 is 4.14. The maximum atomic E-state index is 12.7. The topological polar surface area (TPSA) is 76.9 Å². The van der Waals surface area contributed by atoms with Crippen LogP contribution in [0.4, 0.5) is 5.13 Å². The first kappa shape index (κ1) is 20.8. The fraction of sp³-hybridized carbons (Fsp3) is 0.238. The Hall–Kier alpha value is -2.49. The van der Waals surface area contributed by atoms with Crippen molar-refractivity contribution in [2.24, 2.45) is 7.05 Å². The Morgan fingerprint density at radius 3 is 2.63 bits per heavy atom. The summed E-state index contributed by atoms with van der Waals surface area (Å²) < 4.78 is 1.51. The van der Waals surface area contributed by atoms with Crippen molar-refractivity contribution < 1.29 is 4.79 Å². The van der Waals surface area contributed by atoms with Crippen molar-refractivity contribution >= 4 is 55.7 Å². The number of carbonyl (C=O) groups excluding carboxylic acids is 1. The number of nitrogens with one attached hydrogen (secondary N) is 1. The van der Waals surface area contributed by atoms with Crippen LogP contribution < -0.4 is 10.9 Å². The van der Waals surface area contributed by atoms with Crippen molar-refractivity contribution in [3.8, 4) is 11.3 Å². The van der Waals surface area contributed by atoms with E-state index in [2.05, 4.69) is 15.3 Å². The number of hydrogen-bond acceptors (Lipinski definition) is 7. The van der Waals surface area contributed by atoms with E-state index in [0.29, 0.717) is 15.7 Å². The number of amides is 1. The molecule has 154 valence electrons. The van der Waals surface area contributed by atoms with Crippen molar-refractivity contribution in [3.05, 3.63) is 56.0 Å². The predicted octanol–water partition coefficient (Wildman–Crippen LogP) is 4.77. The molecule has 4 rings (SSSR count). The van der Waals surface area contributed by atoms with Gasteiger partial charge in [-0.1, -0.05) is 41.6 Å². The number of thiazole rings is 1. The summed E-state index contributed by atoms with van der Waals surface area (Å²) in [5.74, 6) is -0.0353. The van der Waals surface area contributed by atoms with Gasteiger partial charge in [-0.3, -0.25) is 14.2 Å². The van der Waals surface area contributed by atoms with Gasteiger partial charge in [-0.25, -0.2) is 9.97 Å². The summed E-state index contributed by atoms with van der Waals surface area (Å²) in [5.41, 5.74) is 3.94. The van der Waals surface area contributed by atoms with Crippen LogP contribution >= 0.6 is 34.4 Å². The zero-order valence-electron chi connectivity index (χ0n) is 17.0. The summed E-state index contributed by atoms with van der Waals surface area (Å²) in [6, 6.07) is 8.10. The fourth-order valence-electron chi connectivity index (χ4n) is 2.96. The highest BCUT2D eigenvalue weighted by Gasteiger charge is 2.16. The molecule has 3 heterocycles. The maximum absolute atomic E-state index is 12.7. The van der Waals surface area contributed by atoms with Crippen molar-refractivity contribution in [1.29, 1.82) is 0 Å². The smallest absolute Gasteiger partial charge is 0.262 e. The quantitative estimate of drug-likeness (QED) is 0.346. The Balaban J connectivity index is 1.45. The van der Waals surface area contributed by atoms with E-state index in [1.54, 1.807) is 7.05 Å². The number of nitrogens with zero attached hydrogens (tertiary/aromatic N) is 3. The molecule has 0 aliphatic heterocycles. The number of aromatic nitrogens is 3. The van der Waals surface area contributed by atoms with Gasteiger partial charge in [0.05, 0.1) is 16.8 Å². The molecule has 1 aromatic carbocycles. The lowest BCUT2D eigenvalue weighted by atomic mass is 10.1. The van der Waals surface area contributed by atoms with Crippen LogP contribution in [-0.4, -0.2) is 26.2 Å². The maximum Gasteiger partial charge on any atom is 0.262 e. The van der Waals surface area contributed by atoms with E-state index >= 15 is 0 Å². The lowest BCUT2D eigenvalue weighted by Crippen LogP contribution is -2.21. The lowest BCUT2D eigenvalue weighted by Gasteiger charge is -2.07. The molecule has 30 heavy (non-hydrogen) atoms. The number of thioether (sulfide) groups is 1. The Kier molecular flexibility index (Phi) is 5.77. The third-order valence-electron chi connectivity index (χ3n) is 4.80. The average molecular weight is 457 g/mol. The SMILES string of the molecule is Cc1ccc(-c2csc(NC(=O)CSc3nc4sc(C)c(C)c4c(=O)n3C)n2)cc1. The molecule has 0 aliphatic carbocycles. The molecule has 1 N–H and O–H groups in total. The van der Waals surface area contributed by atoms with Gasteiger partial charge in [-0.2, -0.15) is 0 Å². The minimum absolute atomic E-state index is 0.0765. The number of hydrogen-bond donors (Lipinski definition) is 1. The van der Waals surface area contributed by atoms with Gasteiger partial charge >= 0.3 is 0 Å². The van der Waals surface area contributed by atoms with Crippen LogP contribution in [0.25, 0.3) is 21.5 Å². The van der Waals surface area contributed by atoms with Gasteiger partial charge in [-0.15, -0.1) is 22.7 Å². The van der Waals surface area contributed by atoms with Crippen LogP contribution in [0.5, 0.6) is 0 Å². The van der Waals surface area contributed by atoms with Gasteiger partial charge < -0.3 is 5.32 Å². The highest BCUT2D eigenvalue weighted by Crippen LogP contribution is 2.28. The molecule has 3 aromatic heterocycles. The van der Waals surface area contributed by atoms with Crippen LogP contribution in [0, 0.1) is 20.8 Å². The minimum atomic E-state index is -0.183. The van der Waals surface area contributed by atoms with E-state index in [9.17, 15) is 9.59 Å². The van der Waals surface area contributed by atoms with E-state index in [1.807, 2.05) is 50.4 Å². The Labute approximate surface area is 186 Å². The van der Waals surface area contributed by atoms with Gasteiger partial charge in [0.1, 0.15) is 4.83 Å². The number of thiophene rings is 1. The summed E-state index contributed by atoms with van der Waals surface area (Å²) in [7, 11) is 1.69. The van der Waals surface area contributed by atoms with Crippen LogP contribution in [0.15, 0.2) is 39.6 Å².